The second-order valence-corrected chi connectivity index (χ2v) is 8.05. The molecule has 126 valence electrons. The van der Waals surface area contributed by atoms with Crippen LogP contribution in [-0.4, -0.2) is 48.4 Å². The highest BCUT2D eigenvalue weighted by Crippen LogP contribution is 2.31. The summed E-state index contributed by atoms with van der Waals surface area (Å²) >= 11 is 1.63. The Kier molecular flexibility index (Phi) is 4.42. The minimum absolute atomic E-state index is 0.218. The smallest absolute Gasteiger partial charge is 0.264 e. The van der Waals surface area contributed by atoms with Gasteiger partial charge >= 0.3 is 0 Å². The first-order chi connectivity index (χ1) is 11.7. The Balaban J connectivity index is 1.62. The molecule has 0 N–H and O–H groups in total. The minimum Gasteiger partial charge on any atom is -0.331 e. The molecule has 1 atom stereocenters. The Hall–Kier alpha value is -1.65. The van der Waals surface area contributed by atoms with Crippen molar-refractivity contribution in [1.82, 2.24) is 9.80 Å². The molecule has 2 aromatic rings. The van der Waals surface area contributed by atoms with Crippen LogP contribution in [0.1, 0.15) is 35.4 Å². The molecular formula is C20H24N2OS. The molecule has 3 nitrogen and oxygen atoms in total. The van der Waals surface area contributed by atoms with E-state index in [0.29, 0.717) is 6.04 Å². The van der Waals surface area contributed by atoms with E-state index in [9.17, 15) is 4.79 Å². The number of rotatable bonds is 2. The third-order valence-electron chi connectivity index (χ3n) is 5.20. The van der Waals surface area contributed by atoms with Crippen molar-refractivity contribution in [3.63, 3.8) is 0 Å². The molecule has 0 radical (unpaired) electrons. The first-order valence-corrected chi connectivity index (χ1v) is 9.71. The fraction of sp³-hybridized carbons (Fsp3) is 0.450. The van der Waals surface area contributed by atoms with Gasteiger partial charge < -0.3 is 9.80 Å². The number of carbonyl (C=O) groups is 1. The van der Waals surface area contributed by atoms with Gasteiger partial charge in [-0.05, 0) is 55.8 Å². The van der Waals surface area contributed by atoms with Crippen LogP contribution in [0.2, 0.25) is 0 Å². The fourth-order valence-electron chi connectivity index (χ4n) is 3.96. The summed E-state index contributed by atoms with van der Waals surface area (Å²) in [7, 11) is 2.17. The maximum Gasteiger partial charge on any atom is 0.264 e. The third-order valence-corrected chi connectivity index (χ3v) is 6.30. The maximum atomic E-state index is 13.2. The number of benzene rings is 1. The van der Waals surface area contributed by atoms with Gasteiger partial charge in [-0.15, -0.1) is 11.3 Å². The van der Waals surface area contributed by atoms with Crippen LogP contribution in [-0.2, 0) is 0 Å². The first-order valence-electron chi connectivity index (χ1n) is 8.89. The van der Waals surface area contributed by atoms with Crippen molar-refractivity contribution >= 4 is 27.3 Å². The molecule has 24 heavy (non-hydrogen) atoms. The van der Waals surface area contributed by atoms with Gasteiger partial charge in [-0.25, -0.2) is 0 Å². The van der Waals surface area contributed by atoms with E-state index in [1.54, 1.807) is 11.3 Å². The van der Waals surface area contributed by atoms with Crippen LogP contribution in [0.25, 0.3) is 10.1 Å². The van der Waals surface area contributed by atoms with E-state index < -0.39 is 0 Å². The number of amides is 1. The van der Waals surface area contributed by atoms with Crippen LogP contribution >= 0.6 is 11.3 Å². The van der Waals surface area contributed by atoms with Gasteiger partial charge in [-0.2, -0.15) is 0 Å². The lowest BCUT2D eigenvalue weighted by molar-refractivity contribution is 0.0648. The number of nitrogens with zero attached hydrogens (tertiary/aromatic N) is 2. The number of likely N-dealkylation sites (N-methyl/N-ethyl adjacent to an activating group) is 1. The highest BCUT2D eigenvalue weighted by Gasteiger charge is 2.31. The molecule has 2 aliphatic rings. The highest BCUT2D eigenvalue weighted by molar-refractivity contribution is 7.20. The summed E-state index contributed by atoms with van der Waals surface area (Å²) in [4.78, 5) is 18.6. The zero-order chi connectivity index (χ0) is 16.5. The van der Waals surface area contributed by atoms with E-state index >= 15 is 0 Å². The second-order valence-electron chi connectivity index (χ2n) is 6.96. The summed E-state index contributed by atoms with van der Waals surface area (Å²) in [5.41, 5.74) is 1.44. The molecule has 0 unspecified atom stereocenters. The van der Waals surface area contributed by atoms with E-state index in [4.69, 9.17) is 0 Å². The van der Waals surface area contributed by atoms with Crippen molar-refractivity contribution in [3.05, 3.63) is 46.9 Å². The number of likely N-dealkylation sites (tertiary alicyclic amines) is 1. The van der Waals surface area contributed by atoms with E-state index in [2.05, 4.69) is 41.1 Å². The van der Waals surface area contributed by atoms with Crippen LogP contribution in [0.3, 0.4) is 0 Å². The fourth-order valence-corrected chi connectivity index (χ4v) is 4.97. The lowest BCUT2D eigenvalue weighted by atomic mass is 9.92. The minimum atomic E-state index is 0.218. The number of thiophene rings is 1. The molecule has 1 saturated heterocycles. The Morgan fingerprint density at radius 3 is 2.92 bits per heavy atom. The van der Waals surface area contributed by atoms with Gasteiger partial charge in [-0.1, -0.05) is 24.3 Å². The Morgan fingerprint density at radius 2 is 2.08 bits per heavy atom. The SMILES string of the molecule is CN1CCC=C([C@@H]2CCCCN2C(=O)c2cc3ccccc3s2)C1. The molecule has 1 amide bonds. The zero-order valence-corrected chi connectivity index (χ0v) is 15.0. The van der Waals surface area contributed by atoms with Gasteiger partial charge in [-0.3, -0.25) is 4.79 Å². The molecule has 0 aliphatic carbocycles. The van der Waals surface area contributed by atoms with Gasteiger partial charge in [0.2, 0.25) is 0 Å². The Morgan fingerprint density at radius 1 is 1.21 bits per heavy atom. The van der Waals surface area contributed by atoms with Crippen molar-refractivity contribution in [2.75, 3.05) is 26.7 Å². The molecule has 4 heteroatoms. The number of hydrogen-bond acceptors (Lipinski definition) is 3. The largest absolute Gasteiger partial charge is 0.331 e. The summed E-state index contributed by atoms with van der Waals surface area (Å²) < 4.78 is 1.20. The zero-order valence-electron chi connectivity index (χ0n) is 14.2. The monoisotopic (exact) mass is 340 g/mol. The van der Waals surface area contributed by atoms with Crippen molar-refractivity contribution in [1.29, 1.82) is 0 Å². The van der Waals surface area contributed by atoms with E-state index in [1.165, 1.54) is 22.1 Å². The average Bonchev–Trinajstić information content (AvgIpc) is 3.05. The average molecular weight is 340 g/mol. The van der Waals surface area contributed by atoms with Crippen LogP contribution in [0.4, 0.5) is 0 Å². The van der Waals surface area contributed by atoms with Crippen molar-refractivity contribution < 1.29 is 4.79 Å². The number of carbonyl (C=O) groups excluding carboxylic acids is 1. The Labute approximate surface area is 147 Å². The molecule has 2 aliphatic heterocycles. The van der Waals surface area contributed by atoms with Gasteiger partial charge in [0.25, 0.3) is 5.91 Å². The molecular weight excluding hydrogens is 316 g/mol. The second kappa shape index (κ2) is 6.69. The van der Waals surface area contributed by atoms with Gasteiger partial charge in [0.1, 0.15) is 0 Å². The quantitative estimate of drug-likeness (QED) is 0.767. The van der Waals surface area contributed by atoms with Crippen LogP contribution < -0.4 is 0 Å². The topological polar surface area (TPSA) is 23.6 Å². The van der Waals surface area contributed by atoms with E-state index in [1.807, 2.05) is 12.1 Å². The van der Waals surface area contributed by atoms with E-state index in [0.717, 1.165) is 43.8 Å². The van der Waals surface area contributed by atoms with Crippen molar-refractivity contribution in [2.45, 2.75) is 31.7 Å². The lowest BCUT2D eigenvalue weighted by Crippen LogP contribution is -2.47. The molecule has 4 rings (SSSR count). The summed E-state index contributed by atoms with van der Waals surface area (Å²) in [5, 5.41) is 1.18. The normalized spacial score (nSPS) is 22.6. The maximum absolute atomic E-state index is 13.2. The summed E-state index contributed by atoms with van der Waals surface area (Å²) in [5.74, 6) is 0.218. The van der Waals surface area contributed by atoms with Crippen LogP contribution in [0, 0.1) is 0 Å². The van der Waals surface area contributed by atoms with Gasteiger partial charge in [0.05, 0.1) is 10.9 Å². The number of hydrogen-bond donors (Lipinski definition) is 0. The van der Waals surface area contributed by atoms with E-state index in [-0.39, 0.29) is 5.91 Å². The molecule has 1 aromatic heterocycles. The van der Waals surface area contributed by atoms with Crippen LogP contribution in [0.15, 0.2) is 42.0 Å². The molecule has 0 saturated carbocycles. The lowest BCUT2D eigenvalue weighted by Gasteiger charge is -2.39. The van der Waals surface area contributed by atoms with Gasteiger partial charge in [0, 0.05) is 24.3 Å². The molecule has 3 heterocycles. The summed E-state index contributed by atoms with van der Waals surface area (Å²) in [6.45, 7) is 3.01. The molecule has 1 aromatic carbocycles. The van der Waals surface area contributed by atoms with Crippen LogP contribution in [0.5, 0.6) is 0 Å². The number of piperidine rings is 1. The predicted molar refractivity (Wildman–Crippen MR) is 101 cm³/mol. The summed E-state index contributed by atoms with van der Waals surface area (Å²) in [6, 6.07) is 10.6. The Bertz CT molecular complexity index is 746. The molecule has 0 spiro atoms. The predicted octanol–water partition coefficient (Wildman–Crippen LogP) is 4.16. The molecule has 1 fully saturated rings. The third kappa shape index (κ3) is 3.01. The first kappa shape index (κ1) is 15.9. The van der Waals surface area contributed by atoms with Crippen molar-refractivity contribution in [2.24, 2.45) is 0 Å². The van der Waals surface area contributed by atoms with Crippen molar-refractivity contribution in [3.8, 4) is 0 Å². The van der Waals surface area contributed by atoms with Gasteiger partial charge in [0.15, 0.2) is 0 Å². The standard InChI is InChI=1S/C20H24N2OS/c1-21-11-6-8-16(14-21)17-9-4-5-12-22(17)20(23)19-13-15-7-2-3-10-18(15)24-19/h2-3,7-8,10,13,17H,4-6,9,11-12,14H2,1H3/t17-/m0/s1. The molecule has 0 bridgehead atoms. The highest BCUT2D eigenvalue weighted by atomic mass is 32.1. The summed E-state index contributed by atoms with van der Waals surface area (Å²) in [6.07, 6.45) is 6.93. The number of fused-ring (bicyclic) bond motifs is 1.